The maximum absolute atomic E-state index is 11.9. The lowest BCUT2D eigenvalue weighted by Crippen LogP contribution is -2.49. The van der Waals surface area contributed by atoms with E-state index in [1.807, 2.05) is 36.4 Å². The fourth-order valence-corrected chi connectivity index (χ4v) is 2.75. The summed E-state index contributed by atoms with van der Waals surface area (Å²) in [5.74, 6) is 1.35. The molecule has 2 aromatic rings. The van der Waals surface area contributed by atoms with E-state index in [2.05, 4.69) is 10.2 Å². The van der Waals surface area contributed by atoms with Crippen LogP contribution in [0.25, 0.3) is 0 Å². The fraction of sp³-hybridized carbons (Fsp3) is 0.278. The Morgan fingerprint density at radius 2 is 2.04 bits per heavy atom. The number of para-hydroxylation sites is 2. The highest BCUT2D eigenvalue weighted by atomic mass is 35.5. The third kappa shape index (κ3) is 3.74. The number of rotatable bonds is 5. The van der Waals surface area contributed by atoms with Crippen LogP contribution in [0, 0.1) is 0 Å². The molecule has 0 unspecified atom stereocenters. The molecule has 1 N–H and O–H groups in total. The molecule has 0 bridgehead atoms. The van der Waals surface area contributed by atoms with Gasteiger partial charge in [0.1, 0.15) is 18.1 Å². The van der Waals surface area contributed by atoms with Gasteiger partial charge < -0.3 is 19.7 Å². The lowest BCUT2D eigenvalue weighted by atomic mass is 10.2. The molecule has 1 aliphatic heterocycles. The van der Waals surface area contributed by atoms with Crippen molar-refractivity contribution in [3.05, 3.63) is 53.6 Å². The molecule has 0 aliphatic carbocycles. The van der Waals surface area contributed by atoms with Gasteiger partial charge in [0.15, 0.2) is 6.10 Å². The highest BCUT2D eigenvalue weighted by molar-refractivity contribution is 6.30. The third-order valence-electron chi connectivity index (χ3n) is 3.84. The lowest BCUT2D eigenvalue weighted by molar-refractivity contribution is -0.127. The molecule has 1 amide bonds. The van der Waals surface area contributed by atoms with E-state index < -0.39 is 6.10 Å². The number of fused-ring (bicyclic) bond motifs is 1. The zero-order valence-corrected chi connectivity index (χ0v) is 14.1. The Morgan fingerprint density at radius 1 is 1.29 bits per heavy atom. The maximum atomic E-state index is 11.9. The largest absolute Gasteiger partial charge is 0.492 e. The van der Waals surface area contributed by atoms with E-state index in [0.717, 1.165) is 11.4 Å². The van der Waals surface area contributed by atoms with Crippen molar-refractivity contribution < 1.29 is 14.3 Å². The summed E-state index contributed by atoms with van der Waals surface area (Å²) in [5.41, 5.74) is 0.970. The molecule has 24 heavy (non-hydrogen) atoms. The van der Waals surface area contributed by atoms with Gasteiger partial charge in [-0.2, -0.15) is 0 Å². The monoisotopic (exact) mass is 346 g/mol. The number of anilines is 1. The highest BCUT2D eigenvalue weighted by Gasteiger charge is 2.29. The van der Waals surface area contributed by atoms with E-state index >= 15 is 0 Å². The number of halogens is 1. The van der Waals surface area contributed by atoms with Gasteiger partial charge in [0.2, 0.25) is 0 Å². The Kier molecular flexibility index (Phi) is 5.11. The van der Waals surface area contributed by atoms with Crippen LogP contribution in [0.4, 0.5) is 5.69 Å². The summed E-state index contributed by atoms with van der Waals surface area (Å²) in [6.45, 7) is 1.63. The number of hydrogen-bond acceptors (Lipinski definition) is 4. The average molecular weight is 347 g/mol. The number of ether oxygens (including phenoxy) is 2. The second kappa shape index (κ2) is 7.45. The van der Waals surface area contributed by atoms with Crippen LogP contribution in [0.5, 0.6) is 11.5 Å². The summed E-state index contributed by atoms with van der Waals surface area (Å²) in [4.78, 5) is 14.0. The number of carbonyl (C=O) groups excluding carboxylic acids is 1. The summed E-state index contributed by atoms with van der Waals surface area (Å²) in [7, 11) is 1.61. The van der Waals surface area contributed by atoms with E-state index in [0.29, 0.717) is 30.5 Å². The van der Waals surface area contributed by atoms with Gasteiger partial charge in [0, 0.05) is 12.1 Å². The Morgan fingerprint density at radius 3 is 2.79 bits per heavy atom. The number of nitrogens with zero attached hydrogens (tertiary/aromatic N) is 1. The van der Waals surface area contributed by atoms with Crippen LogP contribution >= 0.6 is 11.6 Å². The van der Waals surface area contributed by atoms with Crippen molar-refractivity contribution in [2.24, 2.45) is 0 Å². The van der Waals surface area contributed by atoms with Crippen LogP contribution in [0.15, 0.2) is 48.5 Å². The molecule has 3 rings (SSSR count). The molecule has 0 saturated carbocycles. The van der Waals surface area contributed by atoms with E-state index in [9.17, 15) is 4.79 Å². The molecule has 1 atom stereocenters. The van der Waals surface area contributed by atoms with Crippen LogP contribution in [-0.2, 0) is 4.79 Å². The molecule has 0 radical (unpaired) electrons. The van der Waals surface area contributed by atoms with Gasteiger partial charge in [0.25, 0.3) is 5.91 Å². The minimum Gasteiger partial charge on any atom is -0.492 e. The lowest BCUT2D eigenvalue weighted by Gasteiger charge is -2.35. The summed E-state index contributed by atoms with van der Waals surface area (Å²) in [6.07, 6.45) is -0.527. The minimum atomic E-state index is -0.527. The number of benzene rings is 2. The molecule has 5 nitrogen and oxygen atoms in total. The van der Waals surface area contributed by atoms with Gasteiger partial charge in [-0.3, -0.25) is 4.79 Å². The Bertz CT molecular complexity index is 706. The van der Waals surface area contributed by atoms with Gasteiger partial charge in [-0.1, -0.05) is 23.7 Å². The summed E-state index contributed by atoms with van der Waals surface area (Å²) in [6, 6.07) is 15.0. The van der Waals surface area contributed by atoms with Crippen LogP contribution in [-0.4, -0.2) is 38.8 Å². The second-order valence-corrected chi connectivity index (χ2v) is 5.87. The number of hydrogen-bond donors (Lipinski definition) is 1. The van der Waals surface area contributed by atoms with Crippen molar-refractivity contribution in [1.82, 2.24) is 5.32 Å². The first-order valence-electron chi connectivity index (χ1n) is 7.78. The SMILES string of the molecule is CNC(=O)[C@H]1CN(CCOc2ccc(Cl)cc2)c2ccccc2O1. The standard InChI is InChI=1S/C18H19ClN2O3/c1-20-18(22)17-12-21(15-4-2-3-5-16(15)24-17)10-11-23-14-8-6-13(19)7-9-14/h2-9,17H,10-12H2,1H3,(H,20,22)/t17-/m1/s1. The van der Waals surface area contributed by atoms with E-state index in [1.165, 1.54) is 0 Å². The number of likely N-dealkylation sites (N-methyl/N-ethyl adjacent to an activating group) is 1. The van der Waals surface area contributed by atoms with Crippen molar-refractivity contribution in [2.45, 2.75) is 6.10 Å². The Hall–Kier alpha value is -2.40. The first-order chi connectivity index (χ1) is 11.7. The van der Waals surface area contributed by atoms with Crippen molar-refractivity contribution in [3.63, 3.8) is 0 Å². The number of amides is 1. The molecule has 1 aliphatic rings. The molecular formula is C18H19ClN2O3. The minimum absolute atomic E-state index is 0.131. The molecule has 0 saturated heterocycles. The normalized spacial score (nSPS) is 16.1. The summed E-state index contributed by atoms with van der Waals surface area (Å²) < 4.78 is 11.5. The first-order valence-corrected chi connectivity index (χ1v) is 8.16. The van der Waals surface area contributed by atoms with Gasteiger partial charge in [0.05, 0.1) is 18.8 Å². The molecular weight excluding hydrogens is 328 g/mol. The van der Waals surface area contributed by atoms with E-state index in [1.54, 1.807) is 19.2 Å². The number of carbonyl (C=O) groups is 1. The molecule has 2 aromatic carbocycles. The Labute approximate surface area is 146 Å². The van der Waals surface area contributed by atoms with Crippen LogP contribution in [0.1, 0.15) is 0 Å². The quantitative estimate of drug-likeness (QED) is 0.904. The predicted octanol–water partition coefficient (Wildman–Crippen LogP) is 2.73. The van der Waals surface area contributed by atoms with Gasteiger partial charge in [-0.25, -0.2) is 0 Å². The van der Waals surface area contributed by atoms with Gasteiger partial charge in [-0.05, 0) is 36.4 Å². The maximum Gasteiger partial charge on any atom is 0.262 e. The molecule has 0 fully saturated rings. The van der Waals surface area contributed by atoms with Crippen molar-refractivity contribution in [3.8, 4) is 11.5 Å². The molecule has 6 heteroatoms. The molecule has 0 aromatic heterocycles. The van der Waals surface area contributed by atoms with Gasteiger partial charge >= 0.3 is 0 Å². The molecule has 1 heterocycles. The Balaban J connectivity index is 1.66. The fourth-order valence-electron chi connectivity index (χ4n) is 2.62. The number of nitrogens with one attached hydrogen (secondary N) is 1. The smallest absolute Gasteiger partial charge is 0.262 e. The van der Waals surface area contributed by atoms with Gasteiger partial charge in [-0.15, -0.1) is 0 Å². The van der Waals surface area contributed by atoms with E-state index in [-0.39, 0.29) is 5.91 Å². The van der Waals surface area contributed by atoms with Crippen molar-refractivity contribution in [1.29, 1.82) is 0 Å². The van der Waals surface area contributed by atoms with Crippen molar-refractivity contribution in [2.75, 3.05) is 31.6 Å². The first kappa shape index (κ1) is 16.5. The predicted molar refractivity (Wildman–Crippen MR) is 94.1 cm³/mol. The second-order valence-electron chi connectivity index (χ2n) is 5.44. The zero-order valence-electron chi connectivity index (χ0n) is 13.4. The summed E-state index contributed by atoms with van der Waals surface area (Å²) in [5, 5.41) is 3.32. The zero-order chi connectivity index (χ0) is 16.9. The third-order valence-corrected chi connectivity index (χ3v) is 4.10. The topological polar surface area (TPSA) is 50.8 Å². The average Bonchev–Trinajstić information content (AvgIpc) is 2.62. The van der Waals surface area contributed by atoms with Crippen LogP contribution in [0.3, 0.4) is 0 Å². The summed E-state index contributed by atoms with van der Waals surface area (Å²) >= 11 is 5.87. The molecule has 0 spiro atoms. The molecule has 126 valence electrons. The van der Waals surface area contributed by atoms with E-state index in [4.69, 9.17) is 21.1 Å². The van der Waals surface area contributed by atoms with Crippen LogP contribution < -0.4 is 19.7 Å². The van der Waals surface area contributed by atoms with Crippen molar-refractivity contribution >= 4 is 23.2 Å². The highest BCUT2D eigenvalue weighted by Crippen LogP contribution is 2.32. The van der Waals surface area contributed by atoms with Crippen LogP contribution in [0.2, 0.25) is 5.02 Å².